The number of nitrogens with zero attached hydrogens (tertiary/aromatic N) is 6. The van der Waals surface area contributed by atoms with Gasteiger partial charge in [0.05, 0.1) is 41.5 Å². The van der Waals surface area contributed by atoms with Crippen molar-refractivity contribution in [3.05, 3.63) is 82.9 Å². The van der Waals surface area contributed by atoms with Gasteiger partial charge in [-0.2, -0.15) is 5.10 Å². The first-order valence-electron chi connectivity index (χ1n) is 12.1. The summed E-state index contributed by atoms with van der Waals surface area (Å²) >= 11 is 5.79. The van der Waals surface area contributed by atoms with Crippen LogP contribution in [0, 0.1) is 11.7 Å². The van der Waals surface area contributed by atoms with Gasteiger partial charge < -0.3 is 15.3 Å². The van der Waals surface area contributed by atoms with Gasteiger partial charge in [-0.05, 0) is 24.1 Å². The number of rotatable bonds is 8. The van der Waals surface area contributed by atoms with Gasteiger partial charge in [-0.15, -0.1) is 0 Å². The summed E-state index contributed by atoms with van der Waals surface area (Å²) in [6, 6.07) is 5.92. The lowest BCUT2D eigenvalue weighted by molar-refractivity contribution is 0.102. The third kappa shape index (κ3) is 5.86. The lowest BCUT2D eigenvalue weighted by Crippen LogP contribution is -2.21. The van der Waals surface area contributed by atoms with Crippen molar-refractivity contribution in [1.29, 1.82) is 0 Å². The first kappa shape index (κ1) is 26.6. The molecule has 1 fully saturated rings. The van der Waals surface area contributed by atoms with Crippen molar-refractivity contribution in [1.82, 2.24) is 24.7 Å². The number of anilines is 2. The Morgan fingerprint density at radius 2 is 2.03 bits per heavy atom. The number of hydrogen-bond acceptors (Lipinski definition) is 7. The monoisotopic (exact) mass is 557 g/mol. The summed E-state index contributed by atoms with van der Waals surface area (Å²) in [5.41, 5.74) is -0.302. The molecular formula is C26H23ClF3N7O2. The van der Waals surface area contributed by atoms with Gasteiger partial charge in [-0.25, -0.2) is 23.1 Å². The molecule has 0 radical (unpaired) electrons. The lowest BCUT2D eigenvalue weighted by Gasteiger charge is -2.17. The molecule has 5 rings (SSSR count). The second-order valence-electron chi connectivity index (χ2n) is 9.10. The molecule has 1 aromatic carbocycles. The van der Waals surface area contributed by atoms with E-state index in [9.17, 15) is 23.1 Å². The number of hydrogen-bond donors (Lipinski definition) is 2. The first-order chi connectivity index (χ1) is 18.8. The zero-order chi connectivity index (χ0) is 27.5. The Morgan fingerprint density at radius 3 is 2.74 bits per heavy atom. The number of carbonyl (C=O) groups excluding carboxylic acids is 1. The predicted molar refractivity (Wildman–Crippen MR) is 138 cm³/mol. The highest BCUT2D eigenvalue weighted by Gasteiger charge is 2.24. The highest BCUT2D eigenvalue weighted by Crippen LogP contribution is 2.35. The van der Waals surface area contributed by atoms with E-state index in [1.165, 1.54) is 6.20 Å². The number of nitrogens with one attached hydrogen (secondary N) is 1. The summed E-state index contributed by atoms with van der Waals surface area (Å²) in [5, 5.41) is 15.9. The van der Waals surface area contributed by atoms with Crippen LogP contribution < -0.4 is 10.2 Å². The summed E-state index contributed by atoms with van der Waals surface area (Å²) in [5.74, 6) is -0.627. The fourth-order valence-corrected chi connectivity index (χ4v) is 4.54. The molecule has 9 nitrogen and oxygen atoms in total. The zero-order valence-electron chi connectivity index (χ0n) is 20.4. The molecule has 4 aromatic rings. The fourth-order valence-electron chi connectivity index (χ4n) is 4.39. The molecule has 202 valence electrons. The fraction of sp³-hybridized carbons (Fsp3) is 0.269. The maximum absolute atomic E-state index is 14.6. The van der Waals surface area contributed by atoms with E-state index < -0.39 is 29.3 Å². The molecule has 3 aromatic heterocycles. The van der Waals surface area contributed by atoms with E-state index in [2.05, 4.69) is 30.3 Å². The molecule has 1 amide bonds. The van der Waals surface area contributed by atoms with Gasteiger partial charge in [-0.1, -0.05) is 23.7 Å². The molecule has 0 saturated carbocycles. The van der Waals surface area contributed by atoms with Crippen molar-refractivity contribution >= 4 is 29.0 Å². The number of aliphatic hydroxyl groups is 1. The van der Waals surface area contributed by atoms with E-state index >= 15 is 0 Å². The molecule has 0 aliphatic carbocycles. The number of pyridine rings is 1. The molecular weight excluding hydrogens is 535 g/mol. The van der Waals surface area contributed by atoms with E-state index in [-0.39, 0.29) is 28.9 Å². The van der Waals surface area contributed by atoms with Gasteiger partial charge in [0.1, 0.15) is 11.5 Å². The van der Waals surface area contributed by atoms with E-state index in [0.717, 1.165) is 55.4 Å². The summed E-state index contributed by atoms with van der Waals surface area (Å²) in [7, 11) is 0. The minimum atomic E-state index is -2.98. The van der Waals surface area contributed by atoms with Gasteiger partial charge >= 0.3 is 0 Å². The van der Waals surface area contributed by atoms with Gasteiger partial charge in [0.15, 0.2) is 5.82 Å². The number of carbonyl (C=O) groups is 1. The van der Waals surface area contributed by atoms with Crippen molar-refractivity contribution in [2.24, 2.45) is 5.92 Å². The van der Waals surface area contributed by atoms with Crippen molar-refractivity contribution in [2.75, 3.05) is 29.9 Å². The van der Waals surface area contributed by atoms with Crippen LogP contribution in [0.2, 0.25) is 5.02 Å². The summed E-state index contributed by atoms with van der Waals surface area (Å²) < 4.78 is 43.2. The van der Waals surface area contributed by atoms with E-state index in [4.69, 9.17) is 11.6 Å². The number of aliphatic hydroxyl groups excluding tert-OH is 1. The Hall–Kier alpha value is -4.03. The van der Waals surface area contributed by atoms with Gasteiger partial charge in [0.2, 0.25) is 0 Å². The second-order valence-corrected chi connectivity index (χ2v) is 9.51. The number of benzene rings is 1. The first-order valence-corrected chi connectivity index (χ1v) is 12.4. The molecule has 13 heteroatoms. The van der Waals surface area contributed by atoms with Crippen molar-refractivity contribution in [3.63, 3.8) is 0 Å². The molecule has 0 bridgehead atoms. The summed E-state index contributed by atoms with van der Waals surface area (Å²) in [4.78, 5) is 27.4. The van der Waals surface area contributed by atoms with Crippen molar-refractivity contribution < 1.29 is 23.1 Å². The molecule has 1 saturated heterocycles. The lowest BCUT2D eigenvalue weighted by atomic mass is 10.0. The highest BCUT2D eigenvalue weighted by atomic mass is 35.5. The van der Waals surface area contributed by atoms with Crippen molar-refractivity contribution in [2.45, 2.75) is 19.4 Å². The summed E-state index contributed by atoms with van der Waals surface area (Å²) in [6.07, 6.45) is 5.00. The predicted octanol–water partition coefficient (Wildman–Crippen LogP) is 4.58. The van der Waals surface area contributed by atoms with Gasteiger partial charge in [0, 0.05) is 49.1 Å². The third-order valence-electron chi connectivity index (χ3n) is 6.40. The van der Waals surface area contributed by atoms with E-state index in [1.807, 2.05) is 12.1 Å². The Labute approximate surface area is 226 Å². The quantitative estimate of drug-likeness (QED) is 0.326. The second kappa shape index (κ2) is 11.4. The number of halogens is 4. The topological polar surface area (TPSA) is 109 Å². The highest BCUT2D eigenvalue weighted by molar-refractivity contribution is 6.31. The molecule has 2 N–H and O–H groups in total. The Kier molecular flexibility index (Phi) is 7.75. The Morgan fingerprint density at radius 1 is 1.18 bits per heavy atom. The maximum atomic E-state index is 14.6. The minimum Gasteiger partial charge on any atom is -0.396 e. The largest absolute Gasteiger partial charge is 0.396 e. The summed E-state index contributed by atoms with van der Waals surface area (Å²) in [6.45, 7) is 2.21. The maximum Gasteiger partial charge on any atom is 0.275 e. The average molecular weight is 558 g/mol. The van der Waals surface area contributed by atoms with Gasteiger partial charge in [-0.3, -0.25) is 14.5 Å². The molecule has 1 aliphatic rings. The van der Waals surface area contributed by atoms with E-state index in [0.29, 0.717) is 12.2 Å². The molecule has 39 heavy (non-hydrogen) atoms. The molecule has 4 heterocycles. The van der Waals surface area contributed by atoms with Crippen LogP contribution in [-0.2, 0) is 6.54 Å². The average Bonchev–Trinajstić information content (AvgIpc) is 3.60. The number of aromatic nitrogens is 5. The van der Waals surface area contributed by atoms with Crippen LogP contribution in [0.25, 0.3) is 11.3 Å². The number of alkyl halides is 2. The molecule has 1 unspecified atom stereocenters. The molecule has 1 aliphatic heterocycles. The van der Waals surface area contributed by atoms with E-state index in [1.54, 1.807) is 17.1 Å². The van der Waals surface area contributed by atoms with Crippen LogP contribution in [0.1, 0.15) is 34.5 Å². The number of amides is 1. The Bertz CT molecular complexity index is 1480. The zero-order valence-corrected chi connectivity index (χ0v) is 21.2. The van der Waals surface area contributed by atoms with Crippen LogP contribution in [0.3, 0.4) is 0 Å². The van der Waals surface area contributed by atoms with Crippen LogP contribution >= 0.6 is 11.6 Å². The standard InChI is InChI=1S/C26H23ClF3N7O2/c27-19-3-2-18(25(29)30)23(24(19)28)20-9-31-10-21(35-20)26(39)34-17-8-33-37(13-17)12-15-1-4-22(32-7-15)36-6-5-16(11-36)14-38/h1-4,7-10,13,16,25,38H,5-6,11-12,14H2,(H,34,39). The Balaban J connectivity index is 1.26. The van der Waals surface area contributed by atoms with Crippen molar-refractivity contribution in [3.8, 4) is 11.3 Å². The van der Waals surface area contributed by atoms with Crippen LogP contribution in [0.5, 0.6) is 0 Å². The van der Waals surface area contributed by atoms with Crippen LogP contribution in [0.15, 0.2) is 55.2 Å². The molecule has 1 atom stereocenters. The molecule has 0 spiro atoms. The van der Waals surface area contributed by atoms with Crippen LogP contribution in [-0.4, -0.2) is 55.4 Å². The normalized spacial score (nSPS) is 15.2. The SMILES string of the molecule is O=C(Nc1cnn(Cc2ccc(N3CCC(CO)C3)nc2)c1)c1cncc(-c2c(C(F)F)ccc(Cl)c2F)n1. The van der Waals surface area contributed by atoms with Gasteiger partial charge in [0.25, 0.3) is 12.3 Å². The van der Waals surface area contributed by atoms with Crippen LogP contribution in [0.4, 0.5) is 24.7 Å². The minimum absolute atomic E-state index is 0.171. The smallest absolute Gasteiger partial charge is 0.275 e. The third-order valence-corrected chi connectivity index (χ3v) is 6.69.